The molecule has 1 aliphatic carbocycles. The van der Waals surface area contributed by atoms with Crippen LogP contribution in [0.15, 0.2) is 35.4 Å². The van der Waals surface area contributed by atoms with Crippen LogP contribution in [-0.4, -0.2) is 35.8 Å². The molecule has 30 heavy (non-hydrogen) atoms. The molecule has 0 amide bonds. The predicted molar refractivity (Wildman–Crippen MR) is 88.8 cm³/mol. The van der Waals surface area contributed by atoms with E-state index in [0.717, 1.165) is 12.1 Å². The molecule has 0 unspecified atom stereocenters. The van der Waals surface area contributed by atoms with Crippen molar-refractivity contribution in [1.82, 2.24) is 10.2 Å². The van der Waals surface area contributed by atoms with E-state index < -0.39 is 61.1 Å². The fraction of sp³-hybridized carbons (Fsp3) is 0.176. The number of nitrogens with zero attached hydrogens (tertiary/aromatic N) is 1. The third-order valence-corrected chi connectivity index (χ3v) is 6.02. The molecule has 1 N–H and O–H groups in total. The van der Waals surface area contributed by atoms with Gasteiger partial charge in [0.2, 0.25) is 5.78 Å². The number of aromatic nitrogens is 2. The van der Waals surface area contributed by atoms with Crippen molar-refractivity contribution >= 4 is 26.5 Å². The molecule has 0 bridgehead atoms. The number of Topliss-reactive ketones (excluding diaryl/α,β-unsaturated/α-hetero) is 1. The molecular weight excluding hydrogens is 442 g/mol. The van der Waals surface area contributed by atoms with Gasteiger partial charge in [0.05, 0.1) is 27.6 Å². The fourth-order valence-electron chi connectivity index (χ4n) is 3.15. The van der Waals surface area contributed by atoms with Gasteiger partial charge in [0.25, 0.3) is 9.84 Å². The number of sulfone groups is 1. The Balaban J connectivity index is 1.92. The Bertz CT molecular complexity index is 1310. The molecule has 1 aliphatic rings. The predicted octanol–water partition coefficient (Wildman–Crippen LogP) is 4.16. The van der Waals surface area contributed by atoms with Crippen LogP contribution in [-0.2, 0) is 16.3 Å². The van der Waals surface area contributed by atoms with Gasteiger partial charge >= 0.3 is 11.4 Å². The zero-order valence-corrected chi connectivity index (χ0v) is 15.2. The number of alkyl halides is 5. The van der Waals surface area contributed by atoms with E-state index in [0.29, 0.717) is 12.1 Å². The Kier molecular flexibility index (Phi) is 4.18. The Hall–Kier alpha value is -3.09. The second-order valence-corrected chi connectivity index (χ2v) is 8.32. The molecule has 4 rings (SSSR count). The number of hydrogen-bond acceptors (Lipinski definition) is 5. The van der Waals surface area contributed by atoms with Gasteiger partial charge in [-0.3, -0.25) is 9.89 Å². The monoisotopic (exact) mass is 450 g/mol. The summed E-state index contributed by atoms with van der Waals surface area (Å²) in [6.07, 6.45) is -0.145. The maximum absolute atomic E-state index is 14.0. The van der Waals surface area contributed by atoms with Crippen LogP contribution in [0.25, 0.3) is 10.9 Å². The van der Waals surface area contributed by atoms with Crippen molar-refractivity contribution in [2.45, 2.75) is 22.7 Å². The zero-order valence-electron chi connectivity index (χ0n) is 14.4. The second kappa shape index (κ2) is 6.20. The van der Waals surface area contributed by atoms with Gasteiger partial charge in [-0.15, -0.1) is 0 Å². The molecule has 6 nitrogen and oxygen atoms in total. The van der Waals surface area contributed by atoms with Crippen LogP contribution in [0.4, 0.5) is 26.3 Å². The minimum Gasteiger partial charge on any atom is -0.456 e. The van der Waals surface area contributed by atoms with Crippen LogP contribution in [0, 0.1) is 5.82 Å². The van der Waals surface area contributed by atoms with E-state index in [-0.39, 0.29) is 16.7 Å². The molecule has 0 saturated carbocycles. The third kappa shape index (κ3) is 2.91. The molecule has 0 radical (unpaired) electrons. The number of carbonyl (C=O) groups is 1. The van der Waals surface area contributed by atoms with Crippen LogP contribution in [0.5, 0.6) is 11.5 Å². The molecule has 158 valence electrons. The van der Waals surface area contributed by atoms with E-state index in [2.05, 4.69) is 10.2 Å². The van der Waals surface area contributed by atoms with Crippen LogP contribution < -0.4 is 4.74 Å². The number of H-pyrrole nitrogens is 1. The lowest BCUT2D eigenvalue weighted by Crippen LogP contribution is -2.28. The van der Waals surface area contributed by atoms with Crippen LogP contribution >= 0.6 is 0 Å². The van der Waals surface area contributed by atoms with Crippen molar-refractivity contribution in [3.63, 3.8) is 0 Å². The molecule has 2 aromatic carbocycles. The highest BCUT2D eigenvalue weighted by Gasteiger charge is 2.55. The first kappa shape index (κ1) is 20.2. The number of ether oxygens (including phenoxy) is 1. The summed E-state index contributed by atoms with van der Waals surface area (Å²) in [5, 5.41) is 6.35. The summed E-state index contributed by atoms with van der Waals surface area (Å²) in [4.78, 5) is 10.4. The van der Waals surface area contributed by atoms with Gasteiger partial charge in [0.1, 0.15) is 17.3 Å². The number of rotatable bonds is 3. The van der Waals surface area contributed by atoms with Gasteiger partial charge in [-0.05, 0) is 18.2 Å². The van der Waals surface area contributed by atoms with E-state index >= 15 is 0 Å². The van der Waals surface area contributed by atoms with Crippen molar-refractivity contribution in [3.8, 4) is 11.5 Å². The zero-order chi connectivity index (χ0) is 22.1. The van der Waals surface area contributed by atoms with E-state index in [9.17, 15) is 39.6 Å². The number of benzene rings is 2. The highest BCUT2D eigenvalue weighted by Crippen LogP contribution is 2.46. The van der Waals surface area contributed by atoms with Gasteiger partial charge in [-0.25, -0.2) is 12.8 Å². The SMILES string of the molecule is O=C1c2c(S(=O)(=O)C(F)(F)F)ccc(Oc3cc(F)cc4[nH]ncc34)c2CC1(F)F. The number of ketones is 1. The number of halogens is 6. The highest BCUT2D eigenvalue weighted by molar-refractivity contribution is 7.92. The minimum absolute atomic E-state index is 0.180. The summed E-state index contributed by atoms with van der Waals surface area (Å²) in [5.74, 6) is -7.74. The Morgan fingerprint density at radius 1 is 1.13 bits per heavy atom. The fourth-order valence-corrected chi connectivity index (χ4v) is 4.13. The Morgan fingerprint density at radius 2 is 1.83 bits per heavy atom. The van der Waals surface area contributed by atoms with E-state index in [4.69, 9.17) is 4.74 Å². The first-order valence-corrected chi connectivity index (χ1v) is 9.51. The molecule has 0 fully saturated rings. The van der Waals surface area contributed by atoms with Crippen LogP contribution in [0.1, 0.15) is 15.9 Å². The lowest BCUT2D eigenvalue weighted by Gasteiger charge is -2.15. The number of hydrogen-bond donors (Lipinski definition) is 1. The molecule has 0 saturated heterocycles. The number of aromatic amines is 1. The van der Waals surface area contributed by atoms with Crippen molar-refractivity contribution in [3.05, 3.63) is 47.4 Å². The van der Waals surface area contributed by atoms with E-state index in [1.807, 2.05) is 0 Å². The van der Waals surface area contributed by atoms with Gasteiger partial charge < -0.3 is 4.74 Å². The first-order chi connectivity index (χ1) is 13.8. The quantitative estimate of drug-likeness (QED) is 0.606. The third-order valence-electron chi connectivity index (χ3n) is 4.49. The van der Waals surface area contributed by atoms with E-state index in [1.165, 1.54) is 6.20 Å². The maximum atomic E-state index is 14.0. The second-order valence-electron chi connectivity index (χ2n) is 6.41. The summed E-state index contributed by atoms with van der Waals surface area (Å²) in [6, 6.07) is 3.01. The Labute approximate surface area is 163 Å². The smallest absolute Gasteiger partial charge is 0.456 e. The summed E-state index contributed by atoms with van der Waals surface area (Å²) < 4.78 is 110. The summed E-state index contributed by atoms with van der Waals surface area (Å²) in [5.41, 5.74) is -7.66. The molecule has 1 heterocycles. The molecule has 1 aromatic heterocycles. The van der Waals surface area contributed by atoms with E-state index in [1.54, 1.807) is 0 Å². The first-order valence-electron chi connectivity index (χ1n) is 8.03. The van der Waals surface area contributed by atoms with Gasteiger partial charge in [0.15, 0.2) is 0 Å². The minimum atomic E-state index is -6.09. The highest BCUT2D eigenvalue weighted by atomic mass is 32.2. The lowest BCUT2D eigenvalue weighted by atomic mass is 10.1. The molecule has 0 spiro atoms. The molecule has 13 heteroatoms. The van der Waals surface area contributed by atoms with Crippen molar-refractivity contribution in [1.29, 1.82) is 0 Å². The van der Waals surface area contributed by atoms with Crippen LogP contribution in [0.2, 0.25) is 0 Å². The Morgan fingerprint density at radius 3 is 2.50 bits per heavy atom. The topological polar surface area (TPSA) is 89.1 Å². The maximum Gasteiger partial charge on any atom is 0.501 e. The number of fused-ring (bicyclic) bond motifs is 2. The van der Waals surface area contributed by atoms with Gasteiger partial charge in [0, 0.05) is 18.1 Å². The van der Waals surface area contributed by atoms with Gasteiger partial charge in [-0.2, -0.15) is 27.1 Å². The molecule has 0 aliphatic heterocycles. The number of nitrogens with one attached hydrogen (secondary N) is 1. The van der Waals surface area contributed by atoms with Crippen molar-refractivity contribution in [2.24, 2.45) is 0 Å². The standard InChI is InChI=1S/C17H8F6N2O4S/c18-7-3-10-9(6-24-25-10)12(4-7)29-11-1-2-13(30(27,28)17(21,22)23)14-8(11)5-16(19,20)15(14)26/h1-4,6H,5H2,(H,24,25). The van der Waals surface area contributed by atoms with Crippen molar-refractivity contribution in [2.75, 3.05) is 0 Å². The van der Waals surface area contributed by atoms with Gasteiger partial charge in [-0.1, -0.05) is 0 Å². The lowest BCUT2D eigenvalue weighted by molar-refractivity contribution is -0.0436. The molecular formula is C17H8F6N2O4S. The number of carbonyl (C=O) groups excluding carboxylic acids is 1. The average molecular weight is 450 g/mol. The average Bonchev–Trinajstić information content (AvgIpc) is 3.17. The molecule has 3 aromatic rings. The van der Waals surface area contributed by atoms with Crippen molar-refractivity contribution < 1.29 is 44.3 Å². The molecule has 0 atom stereocenters. The largest absolute Gasteiger partial charge is 0.501 e. The summed E-state index contributed by atoms with van der Waals surface area (Å²) in [6.45, 7) is 0. The summed E-state index contributed by atoms with van der Waals surface area (Å²) in [7, 11) is -6.09. The normalized spacial score (nSPS) is 16.1. The summed E-state index contributed by atoms with van der Waals surface area (Å²) >= 11 is 0. The van der Waals surface area contributed by atoms with Crippen LogP contribution in [0.3, 0.4) is 0 Å².